The van der Waals surface area contributed by atoms with Crippen LogP contribution in [0.3, 0.4) is 0 Å². The van der Waals surface area contributed by atoms with E-state index in [9.17, 15) is 4.79 Å². The highest BCUT2D eigenvalue weighted by atomic mass is 16.5. The second kappa shape index (κ2) is 7.28. The van der Waals surface area contributed by atoms with E-state index in [4.69, 9.17) is 9.47 Å². The number of anilines is 1. The molecule has 8 heteroatoms. The number of aryl methyl sites for hydroxylation is 2. The van der Waals surface area contributed by atoms with Gasteiger partial charge in [-0.05, 0) is 31.5 Å². The third-order valence-electron chi connectivity index (χ3n) is 5.12. The summed E-state index contributed by atoms with van der Waals surface area (Å²) in [6.45, 7) is 6.96. The van der Waals surface area contributed by atoms with E-state index in [2.05, 4.69) is 15.4 Å². The molecule has 1 N–H and O–H groups in total. The first-order chi connectivity index (χ1) is 13.0. The van der Waals surface area contributed by atoms with Gasteiger partial charge in [-0.25, -0.2) is 9.78 Å². The smallest absolute Gasteiger partial charge is 0.323 e. The Morgan fingerprint density at radius 2 is 2.04 bits per heavy atom. The van der Waals surface area contributed by atoms with Gasteiger partial charge in [0.2, 0.25) is 0 Å². The molecule has 2 fully saturated rings. The van der Waals surface area contributed by atoms with E-state index in [0.29, 0.717) is 44.5 Å². The summed E-state index contributed by atoms with van der Waals surface area (Å²) in [4.78, 5) is 19.1. The van der Waals surface area contributed by atoms with Gasteiger partial charge in [0.25, 0.3) is 0 Å². The number of pyridine rings is 1. The predicted octanol–water partition coefficient (Wildman–Crippen LogP) is 2.30. The minimum atomic E-state index is -0.276. The van der Waals surface area contributed by atoms with E-state index in [1.54, 1.807) is 10.9 Å². The van der Waals surface area contributed by atoms with Crippen LogP contribution in [0.5, 0.6) is 0 Å². The summed E-state index contributed by atoms with van der Waals surface area (Å²) in [5.41, 5.74) is 1.62. The first-order valence-corrected chi connectivity index (χ1v) is 9.32. The molecule has 1 spiro atoms. The number of aromatic nitrogens is 3. The van der Waals surface area contributed by atoms with Gasteiger partial charge in [-0.1, -0.05) is 0 Å². The quantitative estimate of drug-likeness (QED) is 0.876. The molecular weight excluding hydrogens is 346 g/mol. The number of hydrogen-bond acceptors (Lipinski definition) is 5. The second-order valence-electron chi connectivity index (χ2n) is 7.27. The molecule has 4 rings (SSSR count). The van der Waals surface area contributed by atoms with Gasteiger partial charge in [-0.2, -0.15) is 9.78 Å². The third kappa shape index (κ3) is 3.81. The van der Waals surface area contributed by atoms with Gasteiger partial charge in [0.05, 0.1) is 24.4 Å². The largest absolute Gasteiger partial charge is 0.381 e. The van der Waals surface area contributed by atoms with Crippen molar-refractivity contribution in [2.24, 2.45) is 0 Å². The average molecular weight is 371 g/mol. The maximum Gasteiger partial charge on any atom is 0.323 e. The van der Waals surface area contributed by atoms with E-state index in [-0.39, 0.29) is 11.6 Å². The van der Waals surface area contributed by atoms with Crippen LogP contribution >= 0.6 is 0 Å². The Hall–Kier alpha value is -2.45. The Balaban J connectivity index is 1.51. The fraction of sp³-hybridized carbons (Fsp3) is 0.526. The summed E-state index contributed by atoms with van der Waals surface area (Å²) in [5.74, 6) is 1.30. The number of amides is 2. The number of carbonyl (C=O) groups excluding carboxylic acids is 1. The van der Waals surface area contributed by atoms with Crippen LogP contribution in [0, 0.1) is 13.8 Å². The molecule has 2 amide bonds. The standard InChI is InChI=1S/C19H25N5O3/c1-14-3-6-20-16(11-14)24-17(12-15(2)22-24)21-18(25)23-7-10-27-19(13-23)4-8-26-9-5-19/h3,6,11-12H,4-5,7-10,13H2,1-2H3,(H,21,25). The van der Waals surface area contributed by atoms with Crippen molar-refractivity contribution in [3.63, 3.8) is 0 Å². The van der Waals surface area contributed by atoms with Gasteiger partial charge >= 0.3 is 6.03 Å². The van der Waals surface area contributed by atoms with Gasteiger partial charge in [0.15, 0.2) is 5.82 Å². The summed E-state index contributed by atoms with van der Waals surface area (Å²) in [6.07, 6.45) is 3.38. The molecule has 2 saturated heterocycles. The van der Waals surface area contributed by atoms with Crippen LogP contribution < -0.4 is 5.32 Å². The summed E-state index contributed by atoms with van der Waals surface area (Å²) >= 11 is 0. The van der Waals surface area contributed by atoms with Crippen LogP contribution in [0.4, 0.5) is 10.6 Å². The van der Waals surface area contributed by atoms with Gasteiger partial charge in [-0.3, -0.25) is 5.32 Å². The van der Waals surface area contributed by atoms with E-state index >= 15 is 0 Å². The number of nitrogens with zero attached hydrogens (tertiary/aromatic N) is 4. The van der Waals surface area contributed by atoms with Crippen molar-refractivity contribution in [2.75, 3.05) is 38.2 Å². The normalized spacial score (nSPS) is 19.3. The van der Waals surface area contributed by atoms with Crippen molar-refractivity contribution in [2.45, 2.75) is 32.3 Å². The monoisotopic (exact) mass is 371 g/mol. The predicted molar refractivity (Wildman–Crippen MR) is 100 cm³/mol. The summed E-state index contributed by atoms with van der Waals surface area (Å²) in [5, 5.41) is 7.48. The molecule has 2 aliphatic rings. The number of nitrogens with one attached hydrogen (secondary N) is 1. The number of ether oxygens (including phenoxy) is 2. The maximum absolute atomic E-state index is 12.9. The van der Waals surface area contributed by atoms with Gasteiger partial charge < -0.3 is 14.4 Å². The zero-order chi connectivity index (χ0) is 18.9. The molecule has 0 saturated carbocycles. The minimum absolute atomic E-state index is 0.141. The lowest BCUT2D eigenvalue weighted by Gasteiger charge is -2.44. The molecule has 4 heterocycles. The summed E-state index contributed by atoms with van der Waals surface area (Å²) in [6, 6.07) is 5.58. The Kier molecular flexibility index (Phi) is 4.84. The SMILES string of the molecule is Cc1ccnc(-n2nc(C)cc2NC(=O)N2CCOC3(CCOCC3)C2)c1. The molecule has 0 aromatic carbocycles. The molecule has 0 radical (unpaired) electrons. The number of hydrogen-bond donors (Lipinski definition) is 1. The first kappa shape index (κ1) is 17.9. The Morgan fingerprint density at radius 3 is 2.81 bits per heavy atom. The summed E-state index contributed by atoms with van der Waals surface area (Å²) < 4.78 is 13.1. The molecule has 2 aromatic heterocycles. The number of carbonyl (C=O) groups is 1. The number of rotatable bonds is 2. The van der Waals surface area contributed by atoms with Crippen LogP contribution in [0.25, 0.3) is 5.82 Å². The van der Waals surface area contributed by atoms with Crippen molar-refractivity contribution in [1.29, 1.82) is 0 Å². The zero-order valence-electron chi connectivity index (χ0n) is 15.8. The molecule has 2 aliphatic heterocycles. The highest BCUT2D eigenvalue weighted by Crippen LogP contribution is 2.29. The Bertz CT molecular complexity index is 823. The van der Waals surface area contributed by atoms with Gasteiger partial charge in [0.1, 0.15) is 5.82 Å². The molecule has 0 bridgehead atoms. The van der Waals surface area contributed by atoms with Crippen molar-refractivity contribution in [1.82, 2.24) is 19.7 Å². The van der Waals surface area contributed by atoms with Crippen LogP contribution in [0.1, 0.15) is 24.1 Å². The van der Waals surface area contributed by atoms with E-state index in [1.807, 2.05) is 36.9 Å². The van der Waals surface area contributed by atoms with Crippen LogP contribution in [0.2, 0.25) is 0 Å². The highest BCUT2D eigenvalue weighted by Gasteiger charge is 2.39. The van der Waals surface area contributed by atoms with E-state index in [0.717, 1.165) is 24.1 Å². The lowest BCUT2D eigenvalue weighted by molar-refractivity contribution is -0.144. The average Bonchev–Trinajstić information content (AvgIpc) is 3.02. The van der Waals surface area contributed by atoms with Crippen LogP contribution in [-0.2, 0) is 9.47 Å². The van der Waals surface area contributed by atoms with Gasteiger partial charge in [-0.15, -0.1) is 0 Å². The minimum Gasteiger partial charge on any atom is -0.381 e. The second-order valence-corrected chi connectivity index (χ2v) is 7.27. The molecule has 8 nitrogen and oxygen atoms in total. The van der Waals surface area contributed by atoms with Crippen molar-refractivity contribution in [3.05, 3.63) is 35.7 Å². The molecule has 0 aliphatic carbocycles. The van der Waals surface area contributed by atoms with Crippen molar-refractivity contribution >= 4 is 11.8 Å². The fourth-order valence-electron chi connectivity index (χ4n) is 3.65. The number of urea groups is 1. The Labute approximate surface area is 158 Å². The molecule has 2 aromatic rings. The van der Waals surface area contributed by atoms with Crippen LogP contribution in [0.15, 0.2) is 24.4 Å². The molecule has 144 valence electrons. The van der Waals surface area contributed by atoms with E-state index in [1.165, 1.54) is 0 Å². The zero-order valence-corrected chi connectivity index (χ0v) is 15.8. The first-order valence-electron chi connectivity index (χ1n) is 9.32. The molecule has 0 atom stereocenters. The van der Waals surface area contributed by atoms with Crippen molar-refractivity contribution in [3.8, 4) is 5.82 Å². The van der Waals surface area contributed by atoms with Crippen LogP contribution in [-0.4, -0.2) is 64.2 Å². The summed E-state index contributed by atoms with van der Waals surface area (Å²) in [7, 11) is 0. The van der Waals surface area contributed by atoms with E-state index < -0.39 is 0 Å². The topological polar surface area (TPSA) is 81.5 Å². The van der Waals surface area contributed by atoms with Crippen molar-refractivity contribution < 1.29 is 14.3 Å². The molecule has 0 unspecified atom stereocenters. The van der Waals surface area contributed by atoms with Gasteiger partial charge in [0, 0.05) is 44.9 Å². The highest BCUT2D eigenvalue weighted by molar-refractivity contribution is 5.89. The number of morpholine rings is 1. The lowest BCUT2D eigenvalue weighted by Crippen LogP contribution is -2.56. The molecule has 27 heavy (non-hydrogen) atoms. The maximum atomic E-state index is 12.9. The third-order valence-corrected chi connectivity index (χ3v) is 5.12. The lowest BCUT2D eigenvalue weighted by atomic mass is 9.92. The Morgan fingerprint density at radius 1 is 1.22 bits per heavy atom. The fourth-order valence-corrected chi connectivity index (χ4v) is 3.65. The molecular formula is C19H25N5O3.